The molecular formula is C21H21N5S. The van der Waals surface area contributed by atoms with Gasteiger partial charge in [0.25, 0.3) is 0 Å². The molecular weight excluding hydrogens is 354 g/mol. The van der Waals surface area contributed by atoms with Crippen molar-refractivity contribution >= 4 is 16.9 Å². The minimum atomic E-state index is 0.00775. The van der Waals surface area contributed by atoms with E-state index in [-0.39, 0.29) is 12.1 Å². The summed E-state index contributed by atoms with van der Waals surface area (Å²) in [6.45, 7) is 2.26. The number of aromatic nitrogens is 3. The van der Waals surface area contributed by atoms with Gasteiger partial charge in [0, 0.05) is 36.1 Å². The molecule has 2 aliphatic heterocycles. The zero-order valence-corrected chi connectivity index (χ0v) is 16.0. The molecule has 0 aromatic carbocycles. The highest BCUT2D eigenvalue weighted by Gasteiger charge is 2.46. The molecule has 5 rings (SSSR count). The van der Waals surface area contributed by atoms with Crippen LogP contribution in [0.1, 0.15) is 36.8 Å². The summed E-state index contributed by atoms with van der Waals surface area (Å²) < 4.78 is 2.24. The largest absolute Gasteiger partial charge is 0.337 e. The first-order chi connectivity index (χ1) is 13.4. The maximum atomic E-state index is 5.10. The van der Waals surface area contributed by atoms with Crippen LogP contribution in [0.2, 0.25) is 0 Å². The van der Waals surface area contributed by atoms with Crippen LogP contribution in [0.4, 0.5) is 0 Å². The second-order valence-corrected chi connectivity index (χ2v) is 7.84. The van der Waals surface area contributed by atoms with Crippen LogP contribution in [0.5, 0.6) is 0 Å². The highest BCUT2D eigenvalue weighted by Crippen LogP contribution is 2.48. The topological polar surface area (TPSA) is 46.3 Å². The summed E-state index contributed by atoms with van der Waals surface area (Å²) in [6.07, 6.45) is 8.81. The van der Waals surface area contributed by atoms with Crippen molar-refractivity contribution in [3.63, 3.8) is 0 Å². The number of fused-ring (bicyclic) bond motifs is 1. The highest BCUT2D eigenvalue weighted by atomic mass is 32.2. The van der Waals surface area contributed by atoms with Crippen LogP contribution in [0.3, 0.4) is 0 Å². The van der Waals surface area contributed by atoms with Crippen molar-refractivity contribution in [2.75, 3.05) is 5.75 Å². The van der Waals surface area contributed by atoms with Crippen molar-refractivity contribution in [3.8, 4) is 5.69 Å². The number of nitrogens with zero attached hydrogens (tertiary/aromatic N) is 5. The van der Waals surface area contributed by atoms with Gasteiger partial charge in [-0.2, -0.15) is 0 Å². The van der Waals surface area contributed by atoms with Gasteiger partial charge in [0.2, 0.25) is 0 Å². The lowest BCUT2D eigenvalue weighted by Crippen LogP contribution is -2.36. The van der Waals surface area contributed by atoms with Gasteiger partial charge in [-0.1, -0.05) is 24.8 Å². The number of hydrogen-bond donors (Lipinski definition) is 0. The molecule has 0 bridgehead atoms. The monoisotopic (exact) mass is 375 g/mol. The van der Waals surface area contributed by atoms with Crippen LogP contribution in [0.15, 0.2) is 72.2 Å². The lowest BCUT2D eigenvalue weighted by Gasteiger charge is -2.32. The van der Waals surface area contributed by atoms with E-state index in [4.69, 9.17) is 4.99 Å². The lowest BCUT2D eigenvalue weighted by molar-refractivity contribution is 0.249. The first kappa shape index (κ1) is 16.6. The van der Waals surface area contributed by atoms with Crippen LogP contribution in [-0.2, 0) is 0 Å². The summed E-state index contributed by atoms with van der Waals surface area (Å²) in [6, 6.07) is 15.2. The predicted molar refractivity (Wildman–Crippen MR) is 109 cm³/mol. The quantitative estimate of drug-likeness (QED) is 0.684. The average molecular weight is 376 g/mol. The van der Waals surface area contributed by atoms with Gasteiger partial charge in [0.15, 0.2) is 5.17 Å². The molecule has 1 saturated heterocycles. The van der Waals surface area contributed by atoms with Gasteiger partial charge in [0.1, 0.15) is 12.1 Å². The average Bonchev–Trinajstić information content (AvgIpc) is 3.44. The Morgan fingerprint density at radius 2 is 2.07 bits per heavy atom. The van der Waals surface area contributed by atoms with Crippen molar-refractivity contribution in [2.45, 2.75) is 31.5 Å². The van der Waals surface area contributed by atoms with Crippen molar-refractivity contribution in [2.24, 2.45) is 4.99 Å². The van der Waals surface area contributed by atoms with E-state index in [2.05, 4.69) is 56.8 Å². The first-order valence-electron chi connectivity index (χ1n) is 9.34. The number of pyridine rings is 2. The summed E-state index contributed by atoms with van der Waals surface area (Å²) in [5.41, 5.74) is 3.34. The van der Waals surface area contributed by atoms with Crippen molar-refractivity contribution in [3.05, 3.63) is 78.6 Å². The summed E-state index contributed by atoms with van der Waals surface area (Å²) in [5, 5.41) is 1.15. The summed E-state index contributed by atoms with van der Waals surface area (Å²) in [7, 11) is 0. The van der Waals surface area contributed by atoms with E-state index in [0.29, 0.717) is 6.04 Å². The second-order valence-electron chi connectivity index (χ2n) is 6.85. The van der Waals surface area contributed by atoms with Crippen molar-refractivity contribution in [1.29, 1.82) is 0 Å². The minimum absolute atomic E-state index is 0.00775. The molecule has 3 aromatic heterocycles. The van der Waals surface area contributed by atoms with Gasteiger partial charge in [-0.3, -0.25) is 15.0 Å². The van der Waals surface area contributed by atoms with Gasteiger partial charge in [-0.15, -0.1) is 0 Å². The number of rotatable bonds is 4. The zero-order valence-electron chi connectivity index (χ0n) is 15.1. The third-order valence-electron chi connectivity index (χ3n) is 5.34. The van der Waals surface area contributed by atoms with E-state index in [1.54, 1.807) is 0 Å². The Labute approximate surface area is 163 Å². The van der Waals surface area contributed by atoms with Gasteiger partial charge in [0.05, 0.1) is 17.6 Å². The highest BCUT2D eigenvalue weighted by molar-refractivity contribution is 8.14. The first-order valence-corrected chi connectivity index (χ1v) is 10.3. The van der Waals surface area contributed by atoms with Gasteiger partial charge in [-0.05, 0) is 42.8 Å². The van der Waals surface area contributed by atoms with Crippen molar-refractivity contribution in [1.82, 2.24) is 19.4 Å². The molecule has 0 saturated carbocycles. The zero-order chi connectivity index (χ0) is 18.2. The van der Waals surface area contributed by atoms with Crippen LogP contribution in [-0.4, -0.2) is 36.4 Å². The molecule has 1 fully saturated rings. The number of amidine groups is 1. The fraction of sp³-hybridized carbons (Fsp3) is 0.286. The summed E-state index contributed by atoms with van der Waals surface area (Å²) >= 11 is 1.87. The molecule has 0 radical (unpaired) electrons. The van der Waals surface area contributed by atoms with E-state index in [9.17, 15) is 0 Å². The summed E-state index contributed by atoms with van der Waals surface area (Å²) in [5.74, 6) is 1.11. The number of thioether (sulfide) groups is 1. The number of hydrogen-bond acceptors (Lipinski definition) is 5. The molecule has 6 heteroatoms. The molecule has 5 heterocycles. The normalized spacial score (nSPS) is 24.1. The maximum Gasteiger partial charge on any atom is 0.160 e. The fourth-order valence-corrected chi connectivity index (χ4v) is 5.38. The molecule has 136 valence electrons. The second kappa shape index (κ2) is 6.85. The van der Waals surface area contributed by atoms with Gasteiger partial charge >= 0.3 is 0 Å². The lowest BCUT2D eigenvalue weighted by atomic mass is 9.99. The molecule has 3 atom stereocenters. The molecule has 2 aliphatic rings. The van der Waals surface area contributed by atoms with Crippen LogP contribution in [0.25, 0.3) is 5.69 Å². The van der Waals surface area contributed by atoms with E-state index in [0.717, 1.165) is 28.7 Å². The molecule has 3 aromatic rings. The van der Waals surface area contributed by atoms with E-state index in [1.165, 1.54) is 5.69 Å². The molecule has 0 N–H and O–H groups in total. The predicted octanol–water partition coefficient (Wildman–Crippen LogP) is 4.25. The number of aliphatic imine (C=N–C) groups is 1. The SMILES string of the molecule is CC[C@@H]1CSC2=N[C@H](c3ccccn3)[C@H](c3cccn3-c3cccnc3)N21. The van der Waals surface area contributed by atoms with Crippen LogP contribution in [0, 0.1) is 0 Å². The molecule has 0 unspecified atom stereocenters. The molecule has 0 aliphatic carbocycles. The maximum absolute atomic E-state index is 5.10. The van der Waals surface area contributed by atoms with E-state index < -0.39 is 0 Å². The summed E-state index contributed by atoms with van der Waals surface area (Å²) in [4.78, 5) is 16.6. The minimum Gasteiger partial charge on any atom is -0.337 e. The van der Waals surface area contributed by atoms with Crippen molar-refractivity contribution < 1.29 is 0 Å². The Kier molecular flexibility index (Phi) is 4.20. The Morgan fingerprint density at radius 1 is 1.11 bits per heavy atom. The Morgan fingerprint density at radius 3 is 2.85 bits per heavy atom. The molecule has 0 amide bonds. The standard InChI is InChI=1S/C21H21N5S/c1-2-15-14-27-21-24-19(17-8-3-4-11-23-17)20(26(15)21)18-9-6-12-25(18)16-7-5-10-22-13-16/h3-13,15,19-20H,2,14H2,1H3/t15-,19-,20+/m1/s1. The molecule has 0 spiro atoms. The third-order valence-corrected chi connectivity index (χ3v) is 6.46. The van der Waals surface area contributed by atoms with Crippen LogP contribution < -0.4 is 0 Å². The molecule has 5 nitrogen and oxygen atoms in total. The Balaban J connectivity index is 1.63. The van der Waals surface area contributed by atoms with E-state index in [1.807, 2.05) is 48.6 Å². The Bertz CT molecular complexity index is 953. The Hall–Kier alpha value is -2.60. The van der Waals surface area contributed by atoms with E-state index >= 15 is 0 Å². The van der Waals surface area contributed by atoms with Gasteiger partial charge in [-0.25, -0.2) is 0 Å². The molecule has 27 heavy (non-hydrogen) atoms. The third kappa shape index (κ3) is 2.75. The van der Waals surface area contributed by atoms with Crippen LogP contribution >= 0.6 is 11.8 Å². The fourth-order valence-electron chi connectivity index (χ4n) is 4.04. The smallest absolute Gasteiger partial charge is 0.160 e. The van der Waals surface area contributed by atoms with Gasteiger partial charge < -0.3 is 9.47 Å².